The largest absolute Gasteiger partial charge is 0.461 e. The summed E-state index contributed by atoms with van der Waals surface area (Å²) < 4.78 is 11.0. The number of oxime groups is 1. The van der Waals surface area contributed by atoms with Crippen LogP contribution in [-0.4, -0.2) is 51.4 Å². The molecule has 164 valence electrons. The Hall–Kier alpha value is -3.59. The van der Waals surface area contributed by atoms with Crippen molar-refractivity contribution in [2.45, 2.75) is 18.4 Å². The lowest BCUT2D eigenvalue weighted by atomic mass is 10.0. The number of β-lactam (4-membered cyclic amide) rings is 1. The molecular formula is C23H20N2O6S. The second kappa shape index (κ2) is 9.27. The lowest BCUT2D eigenvalue weighted by Gasteiger charge is -2.44. The highest BCUT2D eigenvalue weighted by atomic mass is 32.2. The van der Waals surface area contributed by atoms with Gasteiger partial charge < -0.3 is 14.7 Å². The van der Waals surface area contributed by atoms with Gasteiger partial charge in [0.25, 0.3) is 5.91 Å². The number of rotatable bonds is 6. The number of carbonyl (C=O) groups is 3. The topological polar surface area (TPSA) is 106 Å². The van der Waals surface area contributed by atoms with Crippen LogP contribution in [0.5, 0.6) is 0 Å². The van der Waals surface area contributed by atoms with Crippen molar-refractivity contribution in [3.05, 3.63) is 83.1 Å². The van der Waals surface area contributed by atoms with E-state index < -0.39 is 29.3 Å². The first-order chi connectivity index (χ1) is 15.5. The van der Waals surface area contributed by atoms with E-state index in [1.807, 2.05) is 60.7 Å². The summed E-state index contributed by atoms with van der Waals surface area (Å²) in [6.45, 7) is 1.12. The first kappa shape index (κ1) is 21.6. The summed E-state index contributed by atoms with van der Waals surface area (Å²) in [6.07, 6.45) is -0.706. The minimum Gasteiger partial charge on any atom is -0.461 e. The third-order valence-corrected chi connectivity index (χ3v) is 6.34. The Morgan fingerprint density at radius 1 is 1.12 bits per heavy atom. The summed E-state index contributed by atoms with van der Waals surface area (Å²) in [5.41, 5.74) is 1.97. The lowest BCUT2D eigenvalue weighted by molar-refractivity contribution is -0.148. The molecule has 2 heterocycles. The van der Waals surface area contributed by atoms with Gasteiger partial charge >= 0.3 is 11.9 Å². The molecule has 0 radical (unpaired) electrons. The van der Waals surface area contributed by atoms with Crippen LogP contribution in [0.3, 0.4) is 0 Å². The number of esters is 2. The van der Waals surface area contributed by atoms with Crippen LogP contribution in [0.2, 0.25) is 0 Å². The van der Waals surface area contributed by atoms with E-state index in [0.717, 1.165) is 11.1 Å². The quantitative estimate of drug-likeness (QED) is 0.311. The fourth-order valence-electron chi connectivity index (χ4n) is 3.56. The van der Waals surface area contributed by atoms with Crippen LogP contribution < -0.4 is 0 Å². The molecule has 0 saturated carbocycles. The van der Waals surface area contributed by atoms with Crippen LogP contribution in [0.15, 0.2) is 77.1 Å². The van der Waals surface area contributed by atoms with Gasteiger partial charge in [0.15, 0.2) is 11.8 Å². The molecule has 9 heteroatoms. The normalized spacial score (nSPS) is 18.9. The molecule has 2 aliphatic heterocycles. The third-order valence-electron chi connectivity index (χ3n) is 5.08. The maximum absolute atomic E-state index is 13.4. The third kappa shape index (κ3) is 4.11. The zero-order chi connectivity index (χ0) is 22.7. The molecule has 0 aromatic heterocycles. The number of benzene rings is 2. The van der Waals surface area contributed by atoms with Crippen molar-refractivity contribution >= 4 is 35.3 Å². The average molecular weight is 452 g/mol. The highest BCUT2D eigenvalue weighted by Crippen LogP contribution is 2.40. The minimum absolute atomic E-state index is 0.0178. The molecule has 2 aliphatic rings. The standard InChI is InChI=1S/C23H20N2O6S/c1-14(26)30-12-17-13-32-22-18(24-29)21(27)25(22)19(17)23(28)31-20(15-8-4-2-5-9-15)16-10-6-3-7-11-16/h2-11,20,22,29H,12-13H2,1H3/t22-/m0/s1. The molecule has 32 heavy (non-hydrogen) atoms. The molecule has 0 spiro atoms. The van der Waals surface area contributed by atoms with Gasteiger partial charge in [-0.1, -0.05) is 65.8 Å². The Balaban J connectivity index is 1.70. The molecule has 1 N–H and O–H groups in total. The Bertz CT molecular complexity index is 1060. The van der Waals surface area contributed by atoms with Gasteiger partial charge in [-0.25, -0.2) is 4.79 Å². The number of fused-ring (bicyclic) bond motifs is 1. The second-order valence-corrected chi connectivity index (χ2v) is 8.23. The monoisotopic (exact) mass is 452 g/mol. The number of thioether (sulfide) groups is 1. The Morgan fingerprint density at radius 3 is 2.25 bits per heavy atom. The highest BCUT2D eigenvalue weighted by Gasteiger charge is 2.52. The summed E-state index contributed by atoms with van der Waals surface area (Å²) in [6, 6.07) is 18.5. The number of ether oxygens (including phenoxy) is 2. The number of hydrogen-bond acceptors (Lipinski definition) is 8. The summed E-state index contributed by atoms with van der Waals surface area (Å²) in [5.74, 6) is -1.50. The van der Waals surface area contributed by atoms with Crippen LogP contribution in [0.4, 0.5) is 0 Å². The SMILES string of the molecule is CC(=O)OCC1=C(C(=O)OC(c2ccccc2)c2ccccc2)N2C(=O)C(=NO)[C@@H]2SC1. The minimum atomic E-state index is -0.722. The number of hydrogen-bond donors (Lipinski definition) is 1. The van der Waals surface area contributed by atoms with E-state index in [1.165, 1.54) is 23.6 Å². The van der Waals surface area contributed by atoms with Gasteiger partial charge in [-0.15, -0.1) is 11.8 Å². The maximum Gasteiger partial charge on any atom is 0.356 e. The van der Waals surface area contributed by atoms with Gasteiger partial charge in [-0.05, 0) is 11.1 Å². The van der Waals surface area contributed by atoms with Crippen molar-refractivity contribution in [1.82, 2.24) is 4.90 Å². The average Bonchev–Trinajstić information content (AvgIpc) is 2.81. The van der Waals surface area contributed by atoms with Crippen molar-refractivity contribution in [3.63, 3.8) is 0 Å². The zero-order valence-electron chi connectivity index (χ0n) is 17.1. The summed E-state index contributed by atoms with van der Waals surface area (Å²) >= 11 is 1.30. The number of carbonyl (C=O) groups excluding carboxylic acids is 3. The molecule has 2 aromatic carbocycles. The van der Waals surface area contributed by atoms with E-state index in [2.05, 4.69) is 5.16 Å². The molecule has 0 unspecified atom stereocenters. The van der Waals surface area contributed by atoms with Crippen LogP contribution in [0, 0.1) is 0 Å². The zero-order valence-corrected chi connectivity index (χ0v) is 18.0. The lowest BCUT2D eigenvalue weighted by Crippen LogP contribution is -2.62. The van der Waals surface area contributed by atoms with Crippen molar-refractivity contribution in [1.29, 1.82) is 0 Å². The van der Waals surface area contributed by atoms with Gasteiger partial charge in [0.2, 0.25) is 0 Å². The van der Waals surface area contributed by atoms with E-state index in [4.69, 9.17) is 14.7 Å². The number of nitrogens with zero attached hydrogens (tertiary/aromatic N) is 2. The first-order valence-corrected chi connectivity index (χ1v) is 10.9. The van der Waals surface area contributed by atoms with Crippen molar-refractivity contribution in [2.24, 2.45) is 5.16 Å². The second-order valence-electron chi connectivity index (χ2n) is 7.16. The molecule has 1 amide bonds. The summed E-state index contributed by atoms with van der Waals surface area (Å²) in [5, 5.41) is 11.6. The van der Waals surface area contributed by atoms with E-state index in [9.17, 15) is 14.4 Å². The van der Waals surface area contributed by atoms with E-state index >= 15 is 0 Å². The molecule has 8 nitrogen and oxygen atoms in total. The number of amides is 1. The molecule has 4 rings (SSSR count). The Kier molecular flexibility index (Phi) is 6.27. The highest BCUT2D eigenvalue weighted by molar-refractivity contribution is 8.01. The maximum atomic E-state index is 13.4. The van der Waals surface area contributed by atoms with Crippen LogP contribution >= 0.6 is 11.8 Å². The van der Waals surface area contributed by atoms with E-state index in [1.54, 1.807) is 0 Å². The van der Waals surface area contributed by atoms with Gasteiger partial charge in [-0.3, -0.25) is 14.5 Å². The summed E-state index contributed by atoms with van der Waals surface area (Å²) in [4.78, 5) is 38.5. The molecule has 0 aliphatic carbocycles. The van der Waals surface area contributed by atoms with E-state index in [-0.39, 0.29) is 18.0 Å². The van der Waals surface area contributed by atoms with Gasteiger partial charge in [0.05, 0.1) is 0 Å². The molecule has 1 saturated heterocycles. The van der Waals surface area contributed by atoms with Gasteiger partial charge in [-0.2, -0.15) is 0 Å². The van der Waals surface area contributed by atoms with Crippen LogP contribution in [0.1, 0.15) is 24.2 Å². The molecule has 0 bridgehead atoms. The molecule has 1 atom stereocenters. The van der Waals surface area contributed by atoms with Crippen LogP contribution in [-0.2, 0) is 23.9 Å². The summed E-state index contributed by atoms with van der Waals surface area (Å²) in [7, 11) is 0. The van der Waals surface area contributed by atoms with E-state index in [0.29, 0.717) is 11.3 Å². The fraction of sp³-hybridized carbons (Fsp3) is 0.217. The van der Waals surface area contributed by atoms with Crippen molar-refractivity contribution in [2.75, 3.05) is 12.4 Å². The fourth-order valence-corrected chi connectivity index (χ4v) is 4.80. The first-order valence-electron chi connectivity index (χ1n) is 9.84. The Labute approximate surface area is 188 Å². The molecular weight excluding hydrogens is 432 g/mol. The molecule has 1 fully saturated rings. The van der Waals surface area contributed by atoms with Crippen LogP contribution in [0.25, 0.3) is 0 Å². The predicted molar refractivity (Wildman–Crippen MR) is 117 cm³/mol. The molecule has 2 aromatic rings. The van der Waals surface area contributed by atoms with Gasteiger partial charge in [0.1, 0.15) is 17.7 Å². The van der Waals surface area contributed by atoms with Gasteiger partial charge in [0, 0.05) is 18.2 Å². The Morgan fingerprint density at radius 2 is 1.72 bits per heavy atom. The predicted octanol–water partition coefficient (Wildman–Crippen LogP) is 2.88. The van der Waals surface area contributed by atoms with Crippen molar-refractivity contribution in [3.8, 4) is 0 Å². The van der Waals surface area contributed by atoms with Crippen molar-refractivity contribution < 1.29 is 29.1 Å². The smallest absolute Gasteiger partial charge is 0.356 e.